The summed E-state index contributed by atoms with van der Waals surface area (Å²) in [5.74, 6) is -0.000593. The number of rotatable bonds is 4. The molecule has 0 heterocycles. The van der Waals surface area contributed by atoms with Gasteiger partial charge in [-0.15, -0.1) is 0 Å². The molecule has 2 rings (SSSR count). The quantitative estimate of drug-likeness (QED) is 0.807. The molecule has 0 N–H and O–H groups in total. The zero-order chi connectivity index (χ0) is 14.5. The number of nitriles is 1. The van der Waals surface area contributed by atoms with E-state index in [9.17, 15) is 4.79 Å². The summed E-state index contributed by atoms with van der Waals surface area (Å²) in [6.45, 7) is 0.256. The first-order chi connectivity index (χ1) is 9.60. The fraction of sp³-hybridized carbons (Fsp3) is 0.125. The van der Waals surface area contributed by atoms with Crippen LogP contribution in [0.5, 0.6) is 0 Å². The summed E-state index contributed by atoms with van der Waals surface area (Å²) in [7, 11) is 1.84. The first-order valence-corrected chi connectivity index (χ1v) is 6.48. The first kappa shape index (κ1) is 14.1. The van der Waals surface area contributed by atoms with E-state index >= 15 is 0 Å². The van der Waals surface area contributed by atoms with Crippen molar-refractivity contribution in [2.24, 2.45) is 0 Å². The SMILES string of the molecule is CN(CC(=O)c1cccc(Cl)c1)c1ccc(C#N)cc1. The smallest absolute Gasteiger partial charge is 0.182 e. The minimum Gasteiger partial charge on any atom is -0.367 e. The molecule has 0 aliphatic heterocycles. The van der Waals surface area contributed by atoms with Gasteiger partial charge in [0.15, 0.2) is 5.78 Å². The van der Waals surface area contributed by atoms with Gasteiger partial charge in [0.25, 0.3) is 0 Å². The summed E-state index contributed by atoms with van der Waals surface area (Å²) in [6, 6.07) is 16.1. The molecule has 20 heavy (non-hydrogen) atoms. The topological polar surface area (TPSA) is 44.1 Å². The van der Waals surface area contributed by atoms with E-state index < -0.39 is 0 Å². The molecule has 4 heteroatoms. The van der Waals surface area contributed by atoms with E-state index in [1.54, 1.807) is 36.4 Å². The molecule has 0 spiro atoms. The Labute approximate surface area is 123 Å². The standard InChI is InChI=1S/C16H13ClN2O/c1-19(15-7-5-12(10-18)6-8-15)11-16(20)13-3-2-4-14(17)9-13/h2-9H,11H2,1H3. The van der Waals surface area contributed by atoms with Crippen molar-refractivity contribution in [3.8, 4) is 6.07 Å². The molecule has 0 saturated carbocycles. The van der Waals surface area contributed by atoms with Crippen molar-refractivity contribution >= 4 is 23.1 Å². The molecule has 0 aromatic heterocycles. The number of hydrogen-bond donors (Lipinski definition) is 0. The average Bonchev–Trinajstić information content (AvgIpc) is 2.47. The van der Waals surface area contributed by atoms with Gasteiger partial charge in [0.1, 0.15) is 0 Å². The summed E-state index contributed by atoms with van der Waals surface area (Å²) >= 11 is 5.88. The van der Waals surface area contributed by atoms with E-state index in [2.05, 4.69) is 6.07 Å². The van der Waals surface area contributed by atoms with Crippen molar-refractivity contribution in [3.63, 3.8) is 0 Å². The normalized spacial score (nSPS) is 9.85. The fourth-order valence-electron chi connectivity index (χ4n) is 1.85. The second kappa shape index (κ2) is 6.23. The van der Waals surface area contributed by atoms with Gasteiger partial charge < -0.3 is 4.90 Å². The van der Waals surface area contributed by atoms with Crippen molar-refractivity contribution < 1.29 is 4.79 Å². The Hall–Kier alpha value is -2.31. The van der Waals surface area contributed by atoms with Gasteiger partial charge in [-0.1, -0.05) is 23.7 Å². The van der Waals surface area contributed by atoms with Crippen LogP contribution < -0.4 is 4.90 Å². The molecular weight excluding hydrogens is 272 g/mol. The Morgan fingerprint density at radius 1 is 1.25 bits per heavy atom. The maximum absolute atomic E-state index is 12.2. The van der Waals surface area contributed by atoms with Crippen LogP contribution in [0.4, 0.5) is 5.69 Å². The van der Waals surface area contributed by atoms with Crippen LogP contribution in [0.25, 0.3) is 0 Å². The number of nitrogens with zero attached hydrogens (tertiary/aromatic N) is 2. The summed E-state index contributed by atoms with van der Waals surface area (Å²) in [5.41, 5.74) is 2.08. The van der Waals surface area contributed by atoms with Gasteiger partial charge >= 0.3 is 0 Å². The first-order valence-electron chi connectivity index (χ1n) is 6.10. The van der Waals surface area contributed by atoms with Gasteiger partial charge in [0, 0.05) is 23.3 Å². The lowest BCUT2D eigenvalue weighted by atomic mass is 10.1. The number of Topliss-reactive ketones (excluding diaryl/α,β-unsaturated/α-hetero) is 1. The Morgan fingerprint density at radius 3 is 2.55 bits per heavy atom. The van der Waals surface area contributed by atoms with Crippen LogP contribution in [0, 0.1) is 11.3 Å². The number of ketones is 1. The molecule has 0 saturated heterocycles. The van der Waals surface area contributed by atoms with Crippen molar-refractivity contribution in [1.29, 1.82) is 5.26 Å². The second-order valence-corrected chi connectivity index (χ2v) is 4.88. The minimum absolute atomic E-state index is 0.000593. The van der Waals surface area contributed by atoms with Crippen LogP contribution >= 0.6 is 11.6 Å². The lowest BCUT2D eigenvalue weighted by Gasteiger charge is -2.18. The molecule has 0 fully saturated rings. The molecule has 0 amide bonds. The van der Waals surface area contributed by atoms with Crippen molar-refractivity contribution in [2.45, 2.75) is 0 Å². The fourth-order valence-corrected chi connectivity index (χ4v) is 2.04. The third-order valence-corrected chi connectivity index (χ3v) is 3.20. The molecule has 0 aliphatic rings. The third-order valence-electron chi connectivity index (χ3n) is 2.96. The number of carbonyl (C=O) groups is 1. The van der Waals surface area contributed by atoms with Crippen LogP contribution in [0.15, 0.2) is 48.5 Å². The number of hydrogen-bond acceptors (Lipinski definition) is 3. The average molecular weight is 285 g/mol. The van der Waals surface area contributed by atoms with Gasteiger partial charge in [0.2, 0.25) is 0 Å². The van der Waals surface area contributed by atoms with E-state index in [0.29, 0.717) is 16.1 Å². The lowest BCUT2D eigenvalue weighted by Crippen LogP contribution is -2.25. The zero-order valence-electron chi connectivity index (χ0n) is 11.0. The molecule has 3 nitrogen and oxygen atoms in total. The highest BCUT2D eigenvalue weighted by Gasteiger charge is 2.10. The van der Waals surface area contributed by atoms with Crippen molar-refractivity contribution in [3.05, 3.63) is 64.7 Å². The van der Waals surface area contributed by atoms with E-state index in [1.807, 2.05) is 24.1 Å². The maximum Gasteiger partial charge on any atom is 0.182 e. The number of halogens is 1. The van der Waals surface area contributed by atoms with Gasteiger partial charge in [-0.2, -0.15) is 5.26 Å². The van der Waals surface area contributed by atoms with E-state index in [1.165, 1.54) is 0 Å². The predicted molar refractivity (Wildman–Crippen MR) is 80.2 cm³/mol. The molecule has 0 aliphatic carbocycles. The van der Waals surface area contributed by atoms with Crippen LogP contribution in [-0.4, -0.2) is 19.4 Å². The van der Waals surface area contributed by atoms with Crippen LogP contribution in [-0.2, 0) is 0 Å². The Morgan fingerprint density at radius 2 is 1.95 bits per heavy atom. The molecule has 0 bridgehead atoms. The second-order valence-electron chi connectivity index (χ2n) is 4.45. The molecule has 2 aromatic rings. The molecule has 0 atom stereocenters. The summed E-state index contributed by atoms with van der Waals surface area (Å²) in [4.78, 5) is 14.0. The highest BCUT2D eigenvalue weighted by atomic mass is 35.5. The highest BCUT2D eigenvalue weighted by Crippen LogP contribution is 2.15. The molecule has 0 radical (unpaired) electrons. The van der Waals surface area contributed by atoms with Crippen molar-refractivity contribution in [2.75, 3.05) is 18.5 Å². The highest BCUT2D eigenvalue weighted by molar-refractivity contribution is 6.31. The maximum atomic E-state index is 12.2. The Bertz CT molecular complexity index is 659. The monoisotopic (exact) mass is 284 g/mol. The van der Waals surface area contributed by atoms with Gasteiger partial charge in [-0.05, 0) is 36.4 Å². The lowest BCUT2D eigenvalue weighted by molar-refractivity contribution is 0.100. The molecule has 2 aromatic carbocycles. The predicted octanol–water partition coefficient (Wildman–Crippen LogP) is 3.53. The minimum atomic E-state index is -0.000593. The zero-order valence-corrected chi connectivity index (χ0v) is 11.8. The molecule has 100 valence electrons. The number of benzene rings is 2. The van der Waals surface area contributed by atoms with E-state index in [0.717, 1.165) is 5.69 Å². The van der Waals surface area contributed by atoms with Gasteiger partial charge in [-0.3, -0.25) is 4.79 Å². The largest absolute Gasteiger partial charge is 0.367 e. The van der Waals surface area contributed by atoms with Crippen LogP contribution in [0.1, 0.15) is 15.9 Å². The number of anilines is 1. The molecular formula is C16H13ClN2O. The number of likely N-dealkylation sites (N-methyl/N-ethyl adjacent to an activating group) is 1. The van der Waals surface area contributed by atoms with Gasteiger partial charge in [-0.25, -0.2) is 0 Å². The van der Waals surface area contributed by atoms with E-state index in [-0.39, 0.29) is 12.3 Å². The molecule has 0 unspecified atom stereocenters. The van der Waals surface area contributed by atoms with E-state index in [4.69, 9.17) is 16.9 Å². The van der Waals surface area contributed by atoms with Gasteiger partial charge in [0.05, 0.1) is 18.2 Å². The summed E-state index contributed by atoms with van der Waals surface area (Å²) in [6.07, 6.45) is 0. The summed E-state index contributed by atoms with van der Waals surface area (Å²) in [5, 5.41) is 9.31. The number of carbonyl (C=O) groups excluding carboxylic acids is 1. The van der Waals surface area contributed by atoms with Crippen LogP contribution in [0.3, 0.4) is 0 Å². The van der Waals surface area contributed by atoms with Crippen molar-refractivity contribution in [1.82, 2.24) is 0 Å². The van der Waals surface area contributed by atoms with Crippen LogP contribution in [0.2, 0.25) is 5.02 Å². The summed E-state index contributed by atoms with van der Waals surface area (Å²) < 4.78 is 0. The Kier molecular flexibility index (Phi) is 4.39. The Balaban J connectivity index is 2.09. The third kappa shape index (κ3) is 3.37.